The maximum absolute atomic E-state index is 12.8. The zero-order chi connectivity index (χ0) is 20.7. The highest BCUT2D eigenvalue weighted by atomic mass is 16.5. The molecular weight excluding hydrogens is 382 g/mol. The van der Waals surface area contributed by atoms with Gasteiger partial charge in [0.05, 0.1) is 18.3 Å². The van der Waals surface area contributed by atoms with E-state index >= 15 is 0 Å². The Hall–Kier alpha value is -3.68. The normalized spacial score (nSPS) is 21.6. The summed E-state index contributed by atoms with van der Waals surface area (Å²) in [6.07, 6.45) is 0.720. The molecule has 30 heavy (non-hydrogen) atoms. The molecule has 8 nitrogen and oxygen atoms in total. The number of rotatable bonds is 4. The minimum atomic E-state index is -0.573. The van der Waals surface area contributed by atoms with Gasteiger partial charge in [-0.1, -0.05) is 42.5 Å². The van der Waals surface area contributed by atoms with Crippen LogP contribution in [0.5, 0.6) is 5.88 Å². The lowest BCUT2D eigenvalue weighted by atomic mass is 9.90. The van der Waals surface area contributed by atoms with E-state index in [1.807, 2.05) is 48.5 Å². The Morgan fingerprint density at radius 2 is 1.97 bits per heavy atom. The van der Waals surface area contributed by atoms with Gasteiger partial charge in [0.15, 0.2) is 11.5 Å². The lowest BCUT2D eigenvalue weighted by molar-refractivity contribution is -0.145. The summed E-state index contributed by atoms with van der Waals surface area (Å²) in [6.45, 7) is 2.09. The lowest BCUT2D eigenvalue weighted by Crippen LogP contribution is -2.46. The first-order valence-electron chi connectivity index (χ1n) is 9.96. The average molecular weight is 403 g/mol. The van der Waals surface area contributed by atoms with E-state index in [4.69, 9.17) is 4.74 Å². The fraction of sp³-hybridized carbons (Fsp3) is 0.273. The van der Waals surface area contributed by atoms with E-state index in [0.717, 1.165) is 12.0 Å². The molecule has 1 aliphatic heterocycles. The summed E-state index contributed by atoms with van der Waals surface area (Å²) in [5, 5.41) is 26.6. The van der Waals surface area contributed by atoms with Gasteiger partial charge < -0.3 is 15.2 Å². The fourth-order valence-electron chi connectivity index (χ4n) is 4.38. The molecule has 1 aliphatic carbocycles. The molecule has 2 N–H and O–H groups in total. The molecule has 0 bridgehead atoms. The summed E-state index contributed by atoms with van der Waals surface area (Å²) in [5.41, 5.74) is 3.11. The van der Waals surface area contributed by atoms with Gasteiger partial charge in [-0.25, -0.2) is 9.48 Å². The Morgan fingerprint density at radius 3 is 2.77 bits per heavy atom. The van der Waals surface area contributed by atoms with Crippen molar-refractivity contribution in [3.63, 3.8) is 0 Å². The molecule has 2 aliphatic rings. The maximum Gasteiger partial charge on any atom is 0.328 e. The van der Waals surface area contributed by atoms with Crippen LogP contribution >= 0.6 is 0 Å². The van der Waals surface area contributed by atoms with Gasteiger partial charge in [-0.05, 0) is 36.6 Å². The first-order valence-corrected chi connectivity index (χ1v) is 9.96. The molecule has 5 rings (SSSR count). The number of azo groups is 1. The van der Waals surface area contributed by atoms with Gasteiger partial charge in [-0.3, -0.25) is 0 Å². The topological polar surface area (TPSA) is 101 Å². The van der Waals surface area contributed by atoms with E-state index in [2.05, 4.69) is 26.7 Å². The largest absolute Gasteiger partial charge is 0.491 e. The Balaban J connectivity index is 1.61. The van der Waals surface area contributed by atoms with Gasteiger partial charge in [-0.15, -0.1) is 10.2 Å². The highest BCUT2D eigenvalue weighted by Crippen LogP contribution is 2.50. The van der Waals surface area contributed by atoms with Crippen molar-refractivity contribution < 1.29 is 14.6 Å². The van der Waals surface area contributed by atoms with Crippen LogP contribution in [0.1, 0.15) is 24.1 Å². The minimum absolute atomic E-state index is 0.0767. The Kier molecular flexibility index (Phi) is 4.46. The second-order valence-corrected chi connectivity index (χ2v) is 7.39. The van der Waals surface area contributed by atoms with Gasteiger partial charge in [0.1, 0.15) is 6.04 Å². The second-order valence-electron chi connectivity index (χ2n) is 7.39. The fourth-order valence-corrected chi connectivity index (χ4v) is 4.38. The van der Waals surface area contributed by atoms with Crippen LogP contribution in [0.3, 0.4) is 0 Å². The number of nitrogens with zero attached hydrogens (tertiary/aromatic N) is 4. The van der Waals surface area contributed by atoms with Crippen molar-refractivity contribution in [2.24, 2.45) is 16.1 Å². The van der Waals surface area contributed by atoms with Crippen LogP contribution in [0, 0.1) is 5.92 Å². The van der Waals surface area contributed by atoms with Gasteiger partial charge >= 0.3 is 5.97 Å². The summed E-state index contributed by atoms with van der Waals surface area (Å²) < 4.78 is 7.05. The van der Waals surface area contributed by atoms with E-state index in [1.54, 1.807) is 11.6 Å². The monoisotopic (exact) mass is 403 g/mol. The first kappa shape index (κ1) is 18.4. The van der Waals surface area contributed by atoms with Crippen molar-refractivity contribution in [1.29, 1.82) is 0 Å². The number of benzene rings is 2. The van der Waals surface area contributed by atoms with Gasteiger partial charge in [0.25, 0.3) is 5.88 Å². The SMILES string of the molecule is CCOC(=O)C1Nc2c(N=Nc3ccccc3)c(O)nn2C2c3ccccc3CC12. The number of ether oxygens (including phenoxy) is 1. The molecule has 0 fully saturated rings. The number of hydrogen-bond acceptors (Lipinski definition) is 7. The lowest BCUT2D eigenvalue weighted by Gasteiger charge is -2.34. The van der Waals surface area contributed by atoms with Crippen molar-refractivity contribution in [2.45, 2.75) is 25.4 Å². The molecule has 1 aromatic heterocycles. The standard InChI is InChI=1S/C22H21N5O3/c1-2-30-22(29)17-16-12-13-8-6-7-11-15(13)19(16)27-20(23-17)18(21(28)26-27)25-24-14-9-4-3-5-10-14/h3-11,16-17,19,23H,2,12H2,1H3,(H,26,28). The summed E-state index contributed by atoms with van der Waals surface area (Å²) >= 11 is 0. The van der Waals surface area contributed by atoms with E-state index in [-0.39, 0.29) is 29.5 Å². The number of esters is 1. The molecule has 2 heterocycles. The molecule has 0 amide bonds. The minimum Gasteiger partial charge on any atom is -0.491 e. The first-order chi connectivity index (χ1) is 14.7. The number of aromatic hydroxyl groups is 1. The number of fused-ring (bicyclic) bond motifs is 5. The van der Waals surface area contributed by atoms with Crippen molar-refractivity contribution in [3.05, 3.63) is 65.7 Å². The Labute approximate surface area is 173 Å². The zero-order valence-corrected chi connectivity index (χ0v) is 16.4. The average Bonchev–Trinajstić information content (AvgIpc) is 3.29. The van der Waals surface area contributed by atoms with Crippen molar-refractivity contribution in [1.82, 2.24) is 9.78 Å². The number of aromatic nitrogens is 2. The molecule has 0 spiro atoms. The molecule has 152 valence electrons. The molecule has 3 unspecified atom stereocenters. The van der Waals surface area contributed by atoms with Crippen LogP contribution < -0.4 is 5.32 Å². The van der Waals surface area contributed by atoms with E-state index < -0.39 is 6.04 Å². The third-order valence-corrected chi connectivity index (χ3v) is 5.65. The summed E-state index contributed by atoms with van der Waals surface area (Å²) in [4.78, 5) is 12.8. The van der Waals surface area contributed by atoms with Crippen LogP contribution in [0.4, 0.5) is 17.2 Å². The predicted octanol–water partition coefficient (Wildman–Crippen LogP) is 4.12. The number of carbonyl (C=O) groups excluding carboxylic acids is 1. The molecule has 3 aromatic rings. The third kappa shape index (κ3) is 2.92. The van der Waals surface area contributed by atoms with Crippen LogP contribution in [-0.4, -0.2) is 33.5 Å². The molecule has 2 aromatic carbocycles. The van der Waals surface area contributed by atoms with E-state index in [9.17, 15) is 9.90 Å². The highest BCUT2D eigenvalue weighted by Gasteiger charge is 2.48. The Morgan fingerprint density at radius 1 is 1.20 bits per heavy atom. The highest BCUT2D eigenvalue weighted by molar-refractivity contribution is 5.83. The number of nitrogens with one attached hydrogen (secondary N) is 1. The van der Waals surface area contributed by atoms with Crippen LogP contribution in [0.25, 0.3) is 0 Å². The van der Waals surface area contributed by atoms with Crippen molar-refractivity contribution in [2.75, 3.05) is 11.9 Å². The van der Waals surface area contributed by atoms with Crippen LogP contribution in [0.2, 0.25) is 0 Å². The van der Waals surface area contributed by atoms with Crippen molar-refractivity contribution in [3.8, 4) is 5.88 Å². The van der Waals surface area contributed by atoms with E-state index in [1.165, 1.54) is 5.56 Å². The molecule has 3 atom stereocenters. The van der Waals surface area contributed by atoms with Crippen molar-refractivity contribution >= 4 is 23.2 Å². The third-order valence-electron chi connectivity index (χ3n) is 5.65. The number of carbonyl (C=O) groups is 1. The maximum atomic E-state index is 12.8. The zero-order valence-electron chi connectivity index (χ0n) is 16.4. The number of anilines is 1. The van der Waals surface area contributed by atoms with Gasteiger partial charge in [0, 0.05) is 5.92 Å². The molecule has 0 saturated carbocycles. The quantitative estimate of drug-likeness (QED) is 0.504. The molecule has 0 saturated heterocycles. The molecule has 0 radical (unpaired) electrons. The summed E-state index contributed by atoms with van der Waals surface area (Å²) in [6, 6.07) is 16.5. The van der Waals surface area contributed by atoms with Gasteiger partial charge in [-0.2, -0.15) is 5.11 Å². The van der Waals surface area contributed by atoms with Gasteiger partial charge in [0.2, 0.25) is 0 Å². The summed E-state index contributed by atoms with van der Waals surface area (Å²) in [7, 11) is 0. The van der Waals surface area contributed by atoms with E-state index in [0.29, 0.717) is 18.1 Å². The summed E-state index contributed by atoms with van der Waals surface area (Å²) in [5.74, 6) is -0.168. The van der Waals surface area contributed by atoms with Crippen LogP contribution in [0.15, 0.2) is 64.8 Å². The smallest absolute Gasteiger partial charge is 0.328 e. The molecular formula is C22H21N5O3. The number of hydrogen-bond donors (Lipinski definition) is 2. The molecule has 8 heteroatoms. The predicted molar refractivity (Wildman–Crippen MR) is 110 cm³/mol. The van der Waals surface area contributed by atoms with Crippen LogP contribution in [-0.2, 0) is 16.0 Å². The second kappa shape index (κ2) is 7.29. The Bertz CT molecular complexity index is 1130.